The van der Waals surface area contributed by atoms with Crippen molar-refractivity contribution in [3.63, 3.8) is 0 Å². The lowest BCUT2D eigenvalue weighted by Gasteiger charge is -2.20. The van der Waals surface area contributed by atoms with Gasteiger partial charge in [0.15, 0.2) is 12.5 Å². The Kier molecular flexibility index (Phi) is 5.55. The van der Waals surface area contributed by atoms with E-state index in [9.17, 15) is 25.2 Å². The molecule has 1 aromatic rings. The molecule has 3 rings (SSSR count). The molecule has 2 aliphatic rings. The van der Waals surface area contributed by atoms with E-state index in [1.807, 2.05) is 0 Å². The minimum atomic E-state index is -1.43. The van der Waals surface area contributed by atoms with E-state index in [1.54, 1.807) is 0 Å². The van der Waals surface area contributed by atoms with Crippen LogP contribution in [0.25, 0.3) is 0 Å². The van der Waals surface area contributed by atoms with Crippen LogP contribution in [-0.2, 0) is 14.2 Å². The summed E-state index contributed by atoms with van der Waals surface area (Å²) >= 11 is 0. The number of hydrogen-bond donors (Lipinski definition) is 6. The summed E-state index contributed by atoms with van der Waals surface area (Å²) < 4.78 is 16.9. The standard InChI is InChI=1S/C14H21N3O9/c15-7-1-2-17(14(23)16-7)12-10(21)9(20)6(25-12)4-24-13-11(22)8(19)5(3-18)26-13/h1-2,5-6,8-13,18-22H,3-4H2,(H2,15,16,23)/t5-,6-,8-,9-,10-,11+,12-,13-/m1/s1. The molecule has 1 aromatic heterocycles. The van der Waals surface area contributed by atoms with Crippen LogP contribution in [0.1, 0.15) is 6.23 Å². The van der Waals surface area contributed by atoms with Gasteiger partial charge in [0.2, 0.25) is 0 Å². The first-order valence-electron chi connectivity index (χ1n) is 7.93. The number of rotatable bonds is 5. The summed E-state index contributed by atoms with van der Waals surface area (Å²) in [5.74, 6) is 0.00327. The number of aliphatic hydroxyl groups is 5. The SMILES string of the molecule is Nc1ccn([C@@H]2O[C@H](CO[C@@H]3O[C@H](CO)[C@@H](O)[C@@H]3O)[C@@H](O)[C@H]2O)c(=O)n1. The van der Waals surface area contributed by atoms with Gasteiger partial charge in [-0.3, -0.25) is 4.57 Å². The average Bonchev–Trinajstić information content (AvgIpc) is 3.04. The number of hydrogen-bond acceptors (Lipinski definition) is 11. The van der Waals surface area contributed by atoms with Crippen LogP contribution in [0, 0.1) is 0 Å². The van der Waals surface area contributed by atoms with E-state index < -0.39 is 61.4 Å². The lowest BCUT2D eigenvalue weighted by Crippen LogP contribution is -2.38. The van der Waals surface area contributed by atoms with Gasteiger partial charge in [-0.25, -0.2) is 4.79 Å². The molecule has 146 valence electrons. The van der Waals surface area contributed by atoms with Crippen LogP contribution < -0.4 is 11.4 Å². The van der Waals surface area contributed by atoms with E-state index in [0.29, 0.717) is 0 Å². The smallest absolute Gasteiger partial charge is 0.351 e. The molecule has 0 spiro atoms. The topological polar surface area (TPSA) is 190 Å². The third-order valence-corrected chi connectivity index (χ3v) is 4.39. The summed E-state index contributed by atoms with van der Waals surface area (Å²) in [6, 6.07) is 1.34. The maximum Gasteiger partial charge on any atom is 0.351 e. The van der Waals surface area contributed by atoms with Gasteiger partial charge in [-0.2, -0.15) is 4.98 Å². The van der Waals surface area contributed by atoms with Crippen LogP contribution >= 0.6 is 0 Å². The number of nitrogen functional groups attached to an aromatic ring is 1. The van der Waals surface area contributed by atoms with Crippen LogP contribution in [0.2, 0.25) is 0 Å². The summed E-state index contributed by atoms with van der Waals surface area (Å²) in [5.41, 5.74) is 4.65. The van der Waals surface area contributed by atoms with E-state index in [4.69, 9.17) is 25.1 Å². The molecule has 0 bridgehead atoms. The fourth-order valence-electron chi connectivity index (χ4n) is 2.91. The highest BCUT2D eigenvalue weighted by Crippen LogP contribution is 2.30. The molecule has 3 heterocycles. The van der Waals surface area contributed by atoms with Crippen LogP contribution in [0.15, 0.2) is 17.1 Å². The Bertz CT molecular complexity index is 686. The molecule has 12 nitrogen and oxygen atoms in total. The van der Waals surface area contributed by atoms with Gasteiger partial charge in [-0.15, -0.1) is 0 Å². The summed E-state index contributed by atoms with van der Waals surface area (Å²) in [4.78, 5) is 15.4. The van der Waals surface area contributed by atoms with Gasteiger partial charge >= 0.3 is 5.69 Å². The molecular weight excluding hydrogens is 354 g/mol. The van der Waals surface area contributed by atoms with Crippen molar-refractivity contribution in [1.29, 1.82) is 0 Å². The first kappa shape index (κ1) is 19.1. The molecular formula is C14H21N3O9. The van der Waals surface area contributed by atoms with Gasteiger partial charge in [0.05, 0.1) is 13.2 Å². The van der Waals surface area contributed by atoms with E-state index >= 15 is 0 Å². The summed E-state index contributed by atoms with van der Waals surface area (Å²) in [6.45, 7) is -0.813. The molecule has 2 fully saturated rings. The second-order valence-corrected chi connectivity index (χ2v) is 6.13. The van der Waals surface area contributed by atoms with Gasteiger partial charge in [-0.1, -0.05) is 0 Å². The maximum atomic E-state index is 11.9. The number of nitrogens with zero attached hydrogens (tertiary/aromatic N) is 2. The number of aliphatic hydroxyl groups excluding tert-OH is 5. The Morgan fingerprint density at radius 1 is 1.12 bits per heavy atom. The van der Waals surface area contributed by atoms with Gasteiger partial charge in [0.1, 0.15) is 42.4 Å². The Morgan fingerprint density at radius 2 is 1.81 bits per heavy atom. The lowest BCUT2D eigenvalue weighted by atomic mass is 10.1. The molecule has 0 unspecified atom stereocenters. The third-order valence-electron chi connectivity index (χ3n) is 4.39. The predicted molar refractivity (Wildman–Crippen MR) is 82.5 cm³/mol. The van der Waals surface area contributed by atoms with E-state index in [-0.39, 0.29) is 12.4 Å². The zero-order valence-corrected chi connectivity index (χ0v) is 13.5. The first-order chi connectivity index (χ1) is 12.3. The molecule has 2 saturated heterocycles. The minimum absolute atomic E-state index is 0.00327. The minimum Gasteiger partial charge on any atom is -0.394 e. The first-order valence-corrected chi connectivity index (χ1v) is 7.93. The molecule has 8 atom stereocenters. The van der Waals surface area contributed by atoms with Crippen molar-refractivity contribution in [2.45, 2.75) is 49.1 Å². The molecule has 0 saturated carbocycles. The maximum absolute atomic E-state index is 11.9. The van der Waals surface area contributed by atoms with Gasteiger partial charge < -0.3 is 45.5 Å². The summed E-state index contributed by atoms with van der Waals surface area (Å²) in [7, 11) is 0. The average molecular weight is 375 g/mol. The Balaban J connectivity index is 1.64. The normalized spacial score (nSPS) is 40.2. The summed E-state index contributed by atoms with van der Waals surface area (Å²) in [5, 5.41) is 48.8. The third kappa shape index (κ3) is 3.45. The van der Waals surface area contributed by atoms with Gasteiger partial charge in [0.25, 0.3) is 0 Å². The zero-order valence-electron chi connectivity index (χ0n) is 13.5. The Hall–Kier alpha value is -1.64. The molecule has 7 N–H and O–H groups in total. The van der Waals surface area contributed by atoms with E-state index in [1.165, 1.54) is 12.3 Å². The van der Waals surface area contributed by atoms with E-state index in [2.05, 4.69) is 4.98 Å². The molecule has 0 amide bonds. The largest absolute Gasteiger partial charge is 0.394 e. The molecule has 0 aliphatic carbocycles. The second kappa shape index (κ2) is 7.54. The Labute approximate surface area is 147 Å². The number of nitrogens with two attached hydrogens (primary N) is 1. The highest BCUT2D eigenvalue weighted by atomic mass is 16.7. The van der Waals surface area contributed by atoms with Crippen molar-refractivity contribution in [3.05, 3.63) is 22.7 Å². The van der Waals surface area contributed by atoms with Crippen molar-refractivity contribution in [2.75, 3.05) is 18.9 Å². The van der Waals surface area contributed by atoms with Crippen molar-refractivity contribution in [3.8, 4) is 0 Å². The number of anilines is 1. The van der Waals surface area contributed by atoms with Gasteiger partial charge in [0, 0.05) is 6.20 Å². The molecule has 12 heteroatoms. The van der Waals surface area contributed by atoms with E-state index in [0.717, 1.165) is 4.57 Å². The molecule has 0 radical (unpaired) electrons. The van der Waals surface area contributed by atoms with Crippen molar-refractivity contribution in [2.24, 2.45) is 0 Å². The van der Waals surface area contributed by atoms with Crippen molar-refractivity contribution >= 4 is 5.82 Å². The van der Waals surface area contributed by atoms with Crippen LogP contribution in [0.5, 0.6) is 0 Å². The highest BCUT2D eigenvalue weighted by Gasteiger charge is 2.47. The van der Waals surface area contributed by atoms with Crippen molar-refractivity contribution in [1.82, 2.24) is 9.55 Å². The fourth-order valence-corrected chi connectivity index (χ4v) is 2.91. The van der Waals surface area contributed by atoms with Gasteiger partial charge in [-0.05, 0) is 6.07 Å². The lowest BCUT2D eigenvalue weighted by molar-refractivity contribution is -0.190. The molecule has 0 aromatic carbocycles. The van der Waals surface area contributed by atoms with Crippen LogP contribution in [0.4, 0.5) is 5.82 Å². The molecule has 2 aliphatic heterocycles. The van der Waals surface area contributed by atoms with Crippen molar-refractivity contribution < 1.29 is 39.7 Å². The number of aromatic nitrogens is 2. The Morgan fingerprint density at radius 3 is 2.42 bits per heavy atom. The van der Waals surface area contributed by atoms with Crippen LogP contribution in [-0.4, -0.2) is 91.2 Å². The predicted octanol–water partition coefficient (Wildman–Crippen LogP) is -4.10. The summed E-state index contributed by atoms with van der Waals surface area (Å²) in [6.07, 6.45) is -8.74. The quantitative estimate of drug-likeness (QED) is 0.293. The number of ether oxygens (including phenoxy) is 3. The second-order valence-electron chi connectivity index (χ2n) is 6.13. The van der Waals surface area contributed by atoms with Crippen LogP contribution in [0.3, 0.4) is 0 Å². The fraction of sp³-hybridized carbons (Fsp3) is 0.714. The zero-order chi connectivity index (χ0) is 19.0. The molecule has 26 heavy (non-hydrogen) atoms. The monoisotopic (exact) mass is 375 g/mol. The highest BCUT2D eigenvalue weighted by molar-refractivity contribution is 5.23.